The average Bonchev–Trinajstić information content (AvgIpc) is 2.14. The molecule has 0 saturated carbocycles. The van der Waals surface area contributed by atoms with Gasteiger partial charge in [-0.1, -0.05) is 0 Å². The van der Waals surface area contributed by atoms with Crippen LogP contribution in [0.4, 0.5) is 5.82 Å². The van der Waals surface area contributed by atoms with E-state index in [-0.39, 0.29) is 23.8 Å². The van der Waals surface area contributed by atoms with Crippen LogP contribution < -0.4 is 5.73 Å². The minimum Gasteiger partial charge on any atom is -0.481 e. The predicted molar refractivity (Wildman–Crippen MR) is 55.5 cm³/mol. The smallest absolute Gasteiger partial charge is 0.303 e. The molecule has 0 aliphatic heterocycles. The van der Waals surface area contributed by atoms with Gasteiger partial charge >= 0.3 is 5.97 Å². The summed E-state index contributed by atoms with van der Waals surface area (Å²) in [6, 6.07) is 0. The Morgan fingerprint density at radius 1 is 1.56 bits per heavy atom. The molecule has 0 atom stereocenters. The lowest BCUT2D eigenvalue weighted by molar-refractivity contribution is -0.136. The summed E-state index contributed by atoms with van der Waals surface area (Å²) >= 11 is 0. The van der Waals surface area contributed by atoms with E-state index in [1.807, 2.05) is 0 Å². The number of sulfone groups is 1. The number of carboxylic acid groups (broad SMARTS) is 1. The monoisotopic (exact) mass is 245 g/mol. The fraction of sp³-hybridized carbons (Fsp3) is 0.375. The maximum atomic E-state index is 11.1. The van der Waals surface area contributed by atoms with Crippen LogP contribution in [0, 0.1) is 0 Å². The molecule has 1 rings (SSSR count). The third-order valence-corrected chi connectivity index (χ3v) is 2.68. The number of rotatable bonds is 4. The zero-order chi connectivity index (χ0) is 12.3. The van der Waals surface area contributed by atoms with Gasteiger partial charge in [-0.3, -0.25) is 4.79 Å². The van der Waals surface area contributed by atoms with Crippen molar-refractivity contribution in [3.63, 3.8) is 0 Å². The maximum absolute atomic E-state index is 11.1. The molecule has 0 unspecified atom stereocenters. The lowest BCUT2D eigenvalue weighted by atomic mass is 10.2. The molecule has 1 aromatic rings. The van der Waals surface area contributed by atoms with E-state index in [9.17, 15) is 13.2 Å². The zero-order valence-corrected chi connectivity index (χ0v) is 9.36. The van der Waals surface area contributed by atoms with Crippen LogP contribution in [0.25, 0.3) is 0 Å². The number of nitrogen functional groups attached to an aromatic ring is 1. The highest BCUT2D eigenvalue weighted by Gasteiger charge is 2.13. The summed E-state index contributed by atoms with van der Waals surface area (Å²) in [6.07, 6.45) is 2.28. The van der Waals surface area contributed by atoms with Crippen molar-refractivity contribution in [3.8, 4) is 0 Å². The van der Waals surface area contributed by atoms with Crippen molar-refractivity contribution in [2.24, 2.45) is 0 Å². The average molecular weight is 245 g/mol. The van der Waals surface area contributed by atoms with Crippen molar-refractivity contribution in [1.29, 1.82) is 0 Å². The minimum atomic E-state index is -3.49. The second-order valence-electron chi connectivity index (χ2n) is 3.23. The van der Waals surface area contributed by atoms with Gasteiger partial charge in [0.2, 0.25) is 15.0 Å². The summed E-state index contributed by atoms with van der Waals surface area (Å²) < 4.78 is 22.2. The molecule has 0 radical (unpaired) electrons. The molecule has 88 valence electrons. The molecule has 1 heterocycles. The summed E-state index contributed by atoms with van der Waals surface area (Å²) in [5.41, 5.74) is 5.92. The Morgan fingerprint density at radius 3 is 2.62 bits per heavy atom. The molecule has 3 N–H and O–H groups in total. The number of carboxylic acids is 1. The molecule has 1 aromatic heterocycles. The normalized spacial score (nSPS) is 11.3. The van der Waals surface area contributed by atoms with E-state index in [0.717, 1.165) is 6.26 Å². The van der Waals surface area contributed by atoms with Crippen molar-refractivity contribution in [2.75, 3.05) is 12.0 Å². The number of hydrogen-bond acceptors (Lipinski definition) is 6. The standard InChI is InChI=1S/C8H11N3O4S/c1-16(14,15)8-10-4-5(7(9)11-8)2-3-6(12)13/h4H,2-3H2,1H3,(H,12,13)(H2,9,10,11). The number of nitrogens with two attached hydrogens (primary N) is 1. The molecular formula is C8H11N3O4S. The minimum absolute atomic E-state index is 0.00308. The first-order valence-corrected chi connectivity index (χ1v) is 6.23. The van der Waals surface area contributed by atoms with Gasteiger partial charge in [0, 0.05) is 24.4 Å². The van der Waals surface area contributed by atoms with Crippen molar-refractivity contribution in [2.45, 2.75) is 18.0 Å². The first-order chi connectivity index (χ1) is 7.30. The molecular weight excluding hydrogens is 234 g/mol. The largest absolute Gasteiger partial charge is 0.481 e. The van der Waals surface area contributed by atoms with Crippen molar-refractivity contribution >= 4 is 21.6 Å². The number of nitrogens with zero attached hydrogens (tertiary/aromatic N) is 2. The summed E-state index contributed by atoms with van der Waals surface area (Å²) in [5.74, 6) is -0.969. The summed E-state index contributed by atoms with van der Waals surface area (Å²) in [6.45, 7) is 0. The van der Waals surface area contributed by atoms with E-state index < -0.39 is 15.8 Å². The van der Waals surface area contributed by atoms with E-state index in [1.165, 1.54) is 6.20 Å². The molecule has 0 aromatic carbocycles. The lowest BCUT2D eigenvalue weighted by Gasteiger charge is -2.03. The molecule has 0 fully saturated rings. The number of carbonyl (C=O) groups is 1. The Kier molecular flexibility index (Phi) is 3.43. The van der Waals surface area contributed by atoms with Gasteiger partial charge in [-0.2, -0.15) is 0 Å². The van der Waals surface area contributed by atoms with Gasteiger partial charge < -0.3 is 10.8 Å². The van der Waals surface area contributed by atoms with Crippen molar-refractivity contribution in [3.05, 3.63) is 11.8 Å². The van der Waals surface area contributed by atoms with Gasteiger partial charge in [0.1, 0.15) is 5.82 Å². The van der Waals surface area contributed by atoms with Crippen molar-refractivity contribution in [1.82, 2.24) is 9.97 Å². The number of anilines is 1. The highest BCUT2D eigenvalue weighted by atomic mass is 32.2. The second kappa shape index (κ2) is 4.44. The fourth-order valence-electron chi connectivity index (χ4n) is 1.02. The van der Waals surface area contributed by atoms with E-state index in [0.29, 0.717) is 5.56 Å². The highest BCUT2D eigenvalue weighted by molar-refractivity contribution is 7.90. The van der Waals surface area contributed by atoms with E-state index >= 15 is 0 Å². The number of aryl methyl sites for hydroxylation is 1. The Bertz CT molecular complexity index is 512. The maximum Gasteiger partial charge on any atom is 0.303 e. The fourth-order valence-corrected chi connectivity index (χ4v) is 1.52. The topological polar surface area (TPSA) is 123 Å². The molecule has 0 aliphatic carbocycles. The molecule has 0 aliphatic rings. The number of hydrogen-bond donors (Lipinski definition) is 2. The van der Waals surface area contributed by atoms with E-state index in [4.69, 9.17) is 10.8 Å². The molecule has 7 nitrogen and oxygen atoms in total. The van der Waals surface area contributed by atoms with Gasteiger partial charge in [-0.05, 0) is 6.42 Å². The summed E-state index contributed by atoms with van der Waals surface area (Å²) in [4.78, 5) is 17.6. The first-order valence-electron chi connectivity index (χ1n) is 4.34. The van der Waals surface area contributed by atoms with Crippen LogP contribution in [-0.4, -0.2) is 35.7 Å². The lowest BCUT2D eigenvalue weighted by Crippen LogP contribution is -2.09. The Labute approximate surface area is 92.3 Å². The summed E-state index contributed by atoms with van der Waals surface area (Å²) in [5, 5.41) is 8.11. The van der Waals surface area contributed by atoms with Gasteiger partial charge in [-0.15, -0.1) is 0 Å². The van der Waals surface area contributed by atoms with Gasteiger partial charge in [0.05, 0.1) is 0 Å². The molecule has 8 heteroatoms. The quantitative estimate of drug-likeness (QED) is 0.684. The van der Waals surface area contributed by atoms with Crippen LogP contribution in [0.5, 0.6) is 0 Å². The first kappa shape index (κ1) is 12.4. The van der Waals surface area contributed by atoms with Gasteiger partial charge in [0.25, 0.3) is 0 Å². The Hall–Kier alpha value is -1.70. The molecule has 16 heavy (non-hydrogen) atoms. The summed E-state index contributed by atoms with van der Waals surface area (Å²) in [7, 11) is -3.49. The second-order valence-corrected chi connectivity index (χ2v) is 5.14. The third kappa shape index (κ3) is 3.16. The van der Waals surface area contributed by atoms with Crippen LogP contribution in [0.15, 0.2) is 11.4 Å². The Morgan fingerprint density at radius 2 is 2.19 bits per heavy atom. The van der Waals surface area contributed by atoms with E-state index in [1.54, 1.807) is 0 Å². The highest BCUT2D eigenvalue weighted by Crippen LogP contribution is 2.12. The van der Waals surface area contributed by atoms with Gasteiger partial charge in [-0.25, -0.2) is 18.4 Å². The molecule has 0 spiro atoms. The van der Waals surface area contributed by atoms with Crippen LogP contribution in [-0.2, 0) is 21.1 Å². The van der Waals surface area contributed by atoms with Crippen molar-refractivity contribution < 1.29 is 18.3 Å². The van der Waals surface area contributed by atoms with Gasteiger partial charge in [0.15, 0.2) is 0 Å². The predicted octanol–water partition coefficient (Wildman–Crippen LogP) is -0.520. The van der Waals surface area contributed by atoms with E-state index in [2.05, 4.69) is 9.97 Å². The Balaban J connectivity index is 2.96. The van der Waals surface area contributed by atoms with Crippen LogP contribution >= 0.6 is 0 Å². The molecule has 0 bridgehead atoms. The SMILES string of the molecule is CS(=O)(=O)c1ncc(CCC(=O)O)c(N)n1. The molecule has 0 saturated heterocycles. The third-order valence-electron chi connectivity index (χ3n) is 1.82. The van der Waals surface area contributed by atoms with Crippen LogP contribution in [0.1, 0.15) is 12.0 Å². The molecule has 0 amide bonds. The van der Waals surface area contributed by atoms with Crippen LogP contribution in [0.2, 0.25) is 0 Å². The van der Waals surface area contributed by atoms with Crippen LogP contribution in [0.3, 0.4) is 0 Å². The zero-order valence-electron chi connectivity index (χ0n) is 8.54. The number of aromatic nitrogens is 2. The number of aliphatic carboxylic acids is 1.